The number of phenols is 2. The number of carbonyl (C=O) groups excluding carboxylic acids is 1. The van der Waals surface area contributed by atoms with Gasteiger partial charge in [-0.25, -0.2) is 0 Å². The van der Waals surface area contributed by atoms with Crippen molar-refractivity contribution in [1.82, 2.24) is 0 Å². The van der Waals surface area contributed by atoms with Gasteiger partial charge in [0.1, 0.15) is 5.75 Å². The molecule has 1 saturated carbocycles. The molecule has 0 spiro atoms. The summed E-state index contributed by atoms with van der Waals surface area (Å²) in [4.78, 5) is 12.5. The highest BCUT2D eigenvalue weighted by atomic mass is 16.5. The van der Waals surface area contributed by atoms with E-state index in [1.165, 1.54) is 7.11 Å². The molecule has 0 aliphatic heterocycles. The van der Waals surface area contributed by atoms with Crippen LogP contribution in [0.5, 0.6) is 17.2 Å². The van der Waals surface area contributed by atoms with Gasteiger partial charge in [0.05, 0.1) is 7.11 Å². The molecule has 4 nitrogen and oxygen atoms in total. The lowest BCUT2D eigenvalue weighted by Crippen LogP contribution is -1.95. The van der Waals surface area contributed by atoms with Crippen molar-refractivity contribution >= 4 is 17.9 Å². The quantitative estimate of drug-likeness (QED) is 0.840. The average Bonchev–Trinajstić information content (AvgIpc) is 2.92. The number of hydrogen-bond acceptors (Lipinski definition) is 4. The maximum atomic E-state index is 12.5. The highest BCUT2D eigenvalue weighted by Crippen LogP contribution is 2.32. The van der Waals surface area contributed by atoms with Crippen LogP contribution < -0.4 is 4.74 Å². The second-order valence-electron chi connectivity index (χ2n) is 5.69. The molecular formula is C20H18O4. The van der Waals surface area contributed by atoms with Crippen molar-refractivity contribution in [2.24, 2.45) is 0 Å². The zero-order valence-electron chi connectivity index (χ0n) is 13.3. The van der Waals surface area contributed by atoms with E-state index in [9.17, 15) is 15.0 Å². The molecule has 2 aromatic carbocycles. The Kier molecular flexibility index (Phi) is 4.38. The van der Waals surface area contributed by atoms with Crippen LogP contribution in [0, 0.1) is 0 Å². The standard InChI is InChI=1S/C20H18O4/c1-24-19-12-14(4-9-18(19)22)11-16-6-5-15(20(16)23)10-13-2-7-17(21)8-3-13/h2-4,7-12,21-22H,5-6H2,1H3/b15-10+,16-11+. The second kappa shape index (κ2) is 6.62. The van der Waals surface area contributed by atoms with Crippen molar-refractivity contribution in [1.29, 1.82) is 0 Å². The Balaban J connectivity index is 1.84. The maximum Gasteiger partial charge on any atom is 0.185 e. The van der Waals surface area contributed by atoms with Crippen molar-refractivity contribution in [2.75, 3.05) is 7.11 Å². The van der Waals surface area contributed by atoms with Crippen LogP contribution in [0.15, 0.2) is 53.6 Å². The number of benzene rings is 2. The van der Waals surface area contributed by atoms with Crippen molar-refractivity contribution < 1.29 is 19.7 Å². The van der Waals surface area contributed by atoms with Crippen LogP contribution in [0.3, 0.4) is 0 Å². The van der Waals surface area contributed by atoms with Gasteiger partial charge in [0, 0.05) is 11.1 Å². The van der Waals surface area contributed by atoms with Crippen LogP contribution in [-0.2, 0) is 4.79 Å². The molecule has 0 heterocycles. The molecule has 1 aliphatic rings. The number of aromatic hydroxyl groups is 2. The van der Waals surface area contributed by atoms with Crippen molar-refractivity contribution in [3.63, 3.8) is 0 Å². The Morgan fingerprint density at radius 3 is 2.12 bits per heavy atom. The summed E-state index contributed by atoms with van der Waals surface area (Å²) >= 11 is 0. The molecule has 4 heteroatoms. The Morgan fingerprint density at radius 2 is 1.50 bits per heavy atom. The predicted octanol–water partition coefficient (Wildman–Crippen LogP) is 3.94. The minimum Gasteiger partial charge on any atom is -0.508 e. The predicted molar refractivity (Wildman–Crippen MR) is 93.0 cm³/mol. The van der Waals surface area contributed by atoms with Gasteiger partial charge in [0.15, 0.2) is 17.3 Å². The summed E-state index contributed by atoms with van der Waals surface area (Å²) in [6, 6.07) is 11.8. The number of Topliss-reactive ketones (excluding diaryl/α,β-unsaturated/α-hetero) is 1. The lowest BCUT2D eigenvalue weighted by molar-refractivity contribution is -0.111. The Labute approximate surface area is 140 Å². The fourth-order valence-corrected chi connectivity index (χ4v) is 2.73. The largest absolute Gasteiger partial charge is 0.508 e. The molecule has 1 aliphatic carbocycles. The summed E-state index contributed by atoms with van der Waals surface area (Å²) < 4.78 is 5.09. The molecule has 0 unspecified atom stereocenters. The minimum absolute atomic E-state index is 0.0371. The van der Waals surface area contributed by atoms with Crippen molar-refractivity contribution in [3.8, 4) is 17.2 Å². The normalized spacial score (nSPS) is 17.6. The smallest absolute Gasteiger partial charge is 0.185 e. The van der Waals surface area contributed by atoms with E-state index in [1.54, 1.807) is 42.5 Å². The number of carbonyl (C=O) groups is 1. The van der Waals surface area contributed by atoms with Gasteiger partial charge in [-0.3, -0.25) is 4.79 Å². The maximum absolute atomic E-state index is 12.5. The third-order valence-electron chi connectivity index (χ3n) is 4.03. The van der Waals surface area contributed by atoms with Crippen LogP contribution >= 0.6 is 0 Å². The highest BCUT2D eigenvalue weighted by molar-refractivity contribution is 6.15. The summed E-state index contributed by atoms with van der Waals surface area (Å²) in [7, 11) is 1.49. The summed E-state index contributed by atoms with van der Waals surface area (Å²) in [6.07, 6.45) is 5.08. The SMILES string of the molecule is COc1cc(/C=C2\CC/C(=C\c3ccc(O)cc3)C2=O)ccc1O. The zero-order chi connectivity index (χ0) is 17.1. The first kappa shape index (κ1) is 15.9. The second-order valence-corrected chi connectivity index (χ2v) is 5.69. The van der Waals surface area contributed by atoms with Crippen molar-refractivity contribution in [3.05, 3.63) is 64.7 Å². The van der Waals surface area contributed by atoms with Gasteiger partial charge in [-0.05, 0) is 60.4 Å². The summed E-state index contributed by atoms with van der Waals surface area (Å²) in [5.74, 6) is 0.701. The lowest BCUT2D eigenvalue weighted by atomic mass is 10.1. The first-order valence-electron chi connectivity index (χ1n) is 7.68. The first-order chi connectivity index (χ1) is 11.6. The average molecular weight is 322 g/mol. The van der Waals surface area contributed by atoms with E-state index in [1.807, 2.05) is 12.2 Å². The molecule has 0 bridgehead atoms. The number of methoxy groups -OCH3 is 1. The molecule has 0 atom stereocenters. The fraction of sp³-hybridized carbons (Fsp3) is 0.150. The van der Waals surface area contributed by atoms with E-state index in [-0.39, 0.29) is 17.3 Å². The van der Waals surface area contributed by atoms with E-state index in [4.69, 9.17) is 4.74 Å². The minimum atomic E-state index is 0.0371. The summed E-state index contributed by atoms with van der Waals surface area (Å²) in [6.45, 7) is 0. The van der Waals surface area contributed by atoms with Crippen LogP contribution in [0.1, 0.15) is 24.0 Å². The molecule has 3 rings (SSSR count). The topological polar surface area (TPSA) is 66.8 Å². The van der Waals surface area contributed by atoms with Gasteiger partial charge < -0.3 is 14.9 Å². The molecule has 0 radical (unpaired) electrons. The van der Waals surface area contributed by atoms with E-state index in [0.717, 1.165) is 22.3 Å². The van der Waals surface area contributed by atoms with E-state index in [0.29, 0.717) is 18.6 Å². The van der Waals surface area contributed by atoms with E-state index < -0.39 is 0 Å². The third kappa shape index (κ3) is 3.33. The molecule has 2 aromatic rings. The fourth-order valence-electron chi connectivity index (χ4n) is 2.73. The number of allylic oxidation sites excluding steroid dienone is 2. The van der Waals surface area contributed by atoms with Crippen LogP contribution in [-0.4, -0.2) is 23.1 Å². The van der Waals surface area contributed by atoms with Crippen LogP contribution in [0.25, 0.3) is 12.2 Å². The van der Waals surface area contributed by atoms with E-state index in [2.05, 4.69) is 0 Å². The number of ether oxygens (including phenoxy) is 1. The highest BCUT2D eigenvalue weighted by Gasteiger charge is 2.23. The van der Waals surface area contributed by atoms with Gasteiger partial charge in [0.2, 0.25) is 0 Å². The number of hydrogen-bond donors (Lipinski definition) is 2. The van der Waals surface area contributed by atoms with Crippen molar-refractivity contribution in [2.45, 2.75) is 12.8 Å². The van der Waals surface area contributed by atoms with Gasteiger partial charge in [0.25, 0.3) is 0 Å². The van der Waals surface area contributed by atoms with Gasteiger partial charge in [-0.1, -0.05) is 18.2 Å². The Morgan fingerprint density at radius 1 is 0.917 bits per heavy atom. The van der Waals surface area contributed by atoms with Crippen LogP contribution in [0.2, 0.25) is 0 Å². The van der Waals surface area contributed by atoms with Gasteiger partial charge >= 0.3 is 0 Å². The summed E-state index contributed by atoms with van der Waals surface area (Å²) in [5, 5.41) is 18.9. The van der Waals surface area contributed by atoms with Crippen LogP contribution in [0.4, 0.5) is 0 Å². The molecule has 0 saturated heterocycles. The molecule has 2 N–H and O–H groups in total. The van der Waals surface area contributed by atoms with E-state index >= 15 is 0 Å². The first-order valence-corrected chi connectivity index (χ1v) is 7.68. The molecule has 24 heavy (non-hydrogen) atoms. The number of ketones is 1. The summed E-state index contributed by atoms with van der Waals surface area (Å²) in [5.41, 5.74) is 3.22. The Bertz CT molecular complexity index is 829. The van der Waals surface area contributed by atoms with Gasteiger partial charge in [-0.2, -0.15) is 0 Å². The number of rotatable bonds is 3. The van der Waals surface area contributed by atoms with Gasteiger partial charge in [-0.15, -0.1) is 0 Å². The molecule has 122 valence electrons. The third-order valence-corrected chi connectivity index (χ3v) is 4.03. The Hall–Kier alpha value is -3.01. The molecule has 1 fully saturated rings. The zero-order valence-corrected chi connectivity index (χ0v) is 13.3. The lowest BCUT2D eigenvalue weighted by Gasteiger charge is -2.04. The molecular weight excluding hydrogens is 304 g/mol. The molecule has 0 amide bonds. The number of phenolic OH excluding ortho intramolecular Hbond substituents is 2. The monoisotopic (exact) mass is 322 g/mol. The molecule has 0 aromatic heterocycles.